The van der Waals surface area contributed by atoms with Gasteiger partial charge >= 0.3 is 58.4 Å². The van der Waals surface area contributed by atoms with Crippen LogP contribution in [0.1, 0.15) is 26.2 Å². The summed E-state index contributed by atoms with van der Waals surface area (Å²) in [4.78, 5) is 0. The van der Waals surface area contributed by atoms with Crippen LogP contribution in [0.25, 0.3) is 0 Å². The Morgan fingerprint density at radius 3 is 2.33 bits per heavy atom. The van der Waals surface area contributed by atoms with Crippen molar-refractivity contribution in [3.63, 3.8) is 0 Å². The van der Waals surface area contributed by atoms with Gasteiger partial charge in [0.25, 0.3) is 0 Å². The molecule has 0 heterocycles. The average Bonchev–Trinajstić information content (AvgIpc) is 2.23. The van der Waals surface area contributed by atoms with Crippen LogP contribution in [-0.2, 0) is 0 Å². The van der Waals surface area contributed by atoms with Crippen molar-refractivity contribution in [2.75, 3.05) is 6.61 Å². The topological polar surface area (TPSA) is 9.23 Å². The third-order valence-corrected chi connectivity index (χ3v) is 2.34. The Bertz CT molecular complexity index is 371. The Morgan fingerprint density at radius 1 is 1.17 bits per heavy atom. The van der Waals surface area contributed by atoms with Crippen LogP contribution < -0.4 is 61.6 Å². The molecule has 0 N–H and O–H groups in total. The number of hydrogen-bond donors (Lipinski definition) is 0. The minimum Gasteiger partial charge on any atom is -0.493 e. The predicted molar refractivity (Wildman–Crippen MR) is 60.1 cm³/mol. The Kier molecular flexibility index (Phi) is 8.79. The fourth-order valence-electron chi connectivity index (χ4n) is 1.41. The quantitative estimate of drug-likeness (QED) is 0.420. The summed E-state index contributed by atoms with van der Waals surface area (Å²) in [5.74, 6) is -1.13. The van der Waals surface area contributed by atoms with E-state index >= 15 is 0 Å². The number of ether oxygens (including phenoxy) is 1. The van der Waals surface area contributed by atoms with Crippen molar-refractivity contribution in [2.45, 2.75) is 26.2 Å². The van der Waals surface area contributed by atoms with Crippen molar-refractivity contribution in [2.24, 2.45) is 0 Å². The maximum absolute atomic E-state index is 13.1. The predicted octanol–water partition coefficient (Wildman–Crippen LogP) is 0.453. The minimum atomic E-state index is -5.30. The summed E-state index contributed by atoms with van der Waals surface area (Å²) in [6.07, 6.45) is 2.81. The molecule has 0 radical (unpaired) electrons. The molecule has 0 aromatic heterocycles. The molecule has 0 amide bonds. The molecule has 0 spiro atoms. The van der Waals surface area contributed by atoms with E-state index in [1.54, 1.807) is 0 Å². The van der Waals surface area contributed by atoms with Crippen LogP contribution in [0.5, 0.6) is 5.75 Å². The third kappa shape index (κ3) is 6.06. The molecule has 0 saturated carbocycles. The van der Waals surface area contributed by atoms with Crippen LogP contribution in [0.2, 0.25) is 0 Å². The Hall–Kier alpha value is 0.441. The smallest absolute Gasteiger partial charge is 0.493 e. The molecule has 0 aliphatic heterocycles. The van der Waals surface area contributed by atoms with Crippen LogP contribution >= 0.6 is 0 Å². The Labute approximate surface area is 147 Å². The number of unbranched alkanes of at least 4 members (excludes halogenated alkanes) is 2. The molecule has 0 saturated heterocycles. The molecule has 1 rings (SSSR count). The van der Waals surface area contributed by atoms with Crippen molar-refractivity contribution in [3.05, 3.63) is 24.0 Å². The molecule has 0 aliphatic carbocycles. The van der Waals surface area contributed by atoms with Gasteiger partial charge in [-0.25, -0.2) is 4.39 Å². The fraction of sp³-hybridized carbons (Fsp3) is 0.455. The van der Waals surface area contributed by atoms with E-state index in [2.05, 4.69) is 0 Å². The van der Waals surface area contributed by atoms with E-state index < -0.39 is 18.3 Å². The van der Waals surface area contributed by atoms with Gasteiger partial charge in [0.05, 0.1) is 12.4 Å². The van der Waals surface area contributed by atoms with Crippen LogP contribution in [0.3, 0.4) is 0 Å². The fourth-order valence-corrected chi connectivity index (χ4v) is 1.41. The first-order valence-corrected chi connectivity index (χ1v) is 5.57. The first-order chi connectivity index (χ1) is 7.95. The second-order valence-corrected chi connectivity index (χ2v) is 3.81. The molecular formula is C11H14BF4KO. The molecule has 7 heteroatoms. The monoisotopic (exact) mass is 288 g/mol. The summed E-state index contributed by atoms with van der Waals surface area (Å²) in [6, 6.07) is 2.67. The molecule has 0 aliphatic rings. The van der Waals surface area contributed by atoms with E-state index in [9.17, 15) is 17.3 Å². The molecule has 0 bridgehead atoms. The summed E-state index contributed by atoms with van der Waals surface area (Å²) >= 11 is 0. The molecule has 0 atom stereocenters. The van der Waals surface area contributed by atoms with E-state index in [1.807, 2.05) is 6.92 Å². The maximum Gasteiger partial charge on any atom is 1.00 e. The molecule has 1 aromatic rings. The van der Waals surface area contributed by atoms with Crippen LogP contribution in [0.15, 0.2) is 18.2 Å². The van der Waals surface area contributed by atoms with Crippen molar-refractivity contribution < 1.29 is 73.5 Å². The van der Waals surface area contributed by atoms with Crippen molar-refractivity contribution in [1.29, 1.82) is 0 Å². The second-order valence-electron chi connectivity index (χ2n) is 3.81. The average molecular weight is 288 g/mol. The van der Waals surface area contributed by atoms with Gasteiger partial charge in [0, 0.05) is 6.07 Å². The largest absolute Gasteiger partial charge is 1.00 e. The van der Waals surface area contributed by atoms with Crippen molar-refractivity contribution in [1.82, 2.24) is 0 Å². The van der Waals surface area contributed by atoms with E-state index in [4.69, 9.17) is 4.74 Å². The van der Waals surface area contributed by atoms with Crippen LogP contribution in [-0.4, -0.2) is 13.6 Å². The summed E-state index contributed by atoms with van der Waals surface area (Å²) in [6.45, 7) is -2.88. The first-order valence-electron chi connectivity index (χ1n) is 5.57. The van der Waals surface area contributed by atoms with Gasteiger partial charge in [-0.05, 0) is 12.5 Å². The molecule has 1 nitrogen and oxygen atoms in total. The van der Waals surface area contributed by atoms with Gasteiger partial charge in [-0.15, -0.1) is 0 Å². The van der Waals surface area contributed by atoms with Crippen LogP contribution in [0.4, 0.5) is 17.3 Å². The summed E-state index contributed by atoms with van der Waals surface area (Å²) < 4.78 is 55.2. The SMILES string of the molecule is CCCCCOc1ccc([B-](F)(F)F)c(F)c1.[K+]. The summed E-state index contributed by atoms with van der Waals surface area (Å²) in [7, 11) is 0. The van der Waals surface area contributed by atoms with Crippen molar-refractivity contribution >= 4 is 12.4 Å². The van der Waals surface area contributed by atoms with Gasteiger partial charge in [0.15, 0.2) is 0 Å². The minimum absolute atomic E-state index is 0. The maximum atomic E-state index is 13.1. The van der Waals surface area contributed by atoms with Gasteiger partial charge in [0.2, 0.25) is 0 Å². The second kappa shape index (κ2) is 8.58. The summed E-state index contributed by atoms with van der Waals surface area (Å²) in [5, 5.41) is 0. The molecule has 0 unspecified atom stereocenters. The third-order valence-electron chi connectivity index (χ3n) is 2.34. The first kappa shape index (κ1) is 18.4. The summed E-state index contributed by atoms with van der Waals surface area (Å²) in [5.41, 5.74) is -1.20. The molecular weight excluding hydrogens is 274 g/mol. The Balaban J connectivity index is 0.00000289. The van der Waals surface area contributed by atoms with Gasteiger partial charge in [-0.1, -0.05) is 31.3 Å². The molecule has 1 aromatic carbocycles. The normalized spacial score (nSPS) is 10.9. The van der Waals surface area contributed by atoms with Crippen molar-refractivity contribution in [3.8, 4) is 5.75 Å². The zero-order chi connectivity index (χ0) is 12.9. The zero-order valence-electron chi connectivity index (χ0n) is 10.6. The van der Waals surface area contributed by atoms with Crippen LogP contribution in [0, 0.1) is 5.82 Å². The number of benzene rings is 1. The number of rotatable bonds is 6. The van der Waals surface area contributed by atoms with E-state index in [-0.39, 0.29) is 57.1 Å². The number of halogens is 4. The van der Waals surface area contributed by atoms with E-state index in [0.29, 0.717) is 6.61 Å². The molecule has 18 heavy (non-hydrogen) atoms. The van der Waals surface area contributed by atoms with E-state index in [0.717, 1.165) is 37.5 Å². The Morgan fingerprint density at radius 2 is 1.83 bits per heavy atom. The zero-order valence-corrected chi connectivity index (χ0v) is 13.7. The molecule has 0 fully saturated rings. The van der Waals surface area contributed by atoms with Gasteiger partial charge < -0.3 is 17.7 Å². The van der Waals surface area contributed by atoms with Gasteiger partial charge in [-0.2, -0.15) is 0 Å². The van der Waals surface area contributed by atoms with E-state index in [1.165, 1.54) is 0 Å². The number of hydrogen-bond acceptors (Lipinski definition) is 1. The van der Waals surface area contributed by atoms with Gasteiger partial charge in [-0.3, -0.25) is 0 Å². The van der Waals surface area contributed by atoms with Gasteiger partial charge in [0.1, 0.15) is 5.75 Å². The standard InChI is InChI=1S/C11H14BF4O.K/c1-2-3-4-7-17-9-5-6-10(11(13)8-9)12(14,15)16;/h5-6,8H,2-4,7H2,1H3;/q-1;+1. The molecule has 96 valence electrons.